The van der Waals surface area contributed by atoms with Crippen molar-refractivity contribution in [3.8, 4) is 0 Å². The van der Waals surface area contributed by atoms with Crippen LogP contribution in [0.1, 0.15) is 31.4 Å². The maximum absolute atomic E-state index is 5.73. The van der Waals surface area contributed by atoms with Crippen molar-refractivity contribution < 1.29 is 0 Å². The summed E-state index contributed by atoms with van der Waals surface area (Å²) in [6.45, 7) is 4.43. The first kappa shape index (κ1) is 13.1. The lowest BCUT2D eigenvalue weighted by Crippen LogP contribution is -2.50. The number of anilines is 1. The van der Waals surface area contributed by atoms with Crippen molar-refractivity contribution >= 4 is 17.4 Å². The van der Waals surface area contributed by atoms with E-state index in [1.165, 1.54) is 25.7 Å². The SMILES string of the molecule is ClCc1ccc(N2CCN(C3CCCC3)CC2)nn1. The fourth-order valence-corrected chi connectivity index (χ4v) is 3.32. The van der Waals surface area contributed by atoms with Crippen molar-refractivity contribution in [1.82, 2.24) is 15.1 Å². The van der Waals surface area contributed by atoms with Crippen LogP contribution in [0.25, 0.3) is 0 Å². The van der Waals surface area contributed by atoms with Crippen LogP contribution in [0.4, 0.5) is 5.82 Å². The summed E-state index contributed by atoms with van der Waals surface area (Å²) in [5.74, 6) is 1.42. The molecule has 0 radical (unpaired) electrons. The Bertz CT molecular complexity index is 394. The van der Waals surface area contributed by atoms with Crippen molar-refractivity contribution in [2.45, 2.75) is 37.6 Å². The minimum Gasteiger partial charge on any atom is -0.353 e. The van der Waals surface area contributed by atoms with E-state index < -0.39 is 0 Å². The minimum atomic E-state index is 0.433. The molecule has 0 N–H and O–H groups in total. The van der Waals surface area contributed by atoms with E-state index in [4.69, 9.17) is 11.6 Å². The number of aromatic nitrogens is 2. The number of alkyl halides is 1. The number of nitrogens with zero attached hydrogens (tertiary/aromatic N) is 4. The molecule has 104 valence electrons. The van der Waals surface area contributed by atoms with Gasteiger partial charge in [0.15, 0.2) is 5.82 Å². The largest absolute Gasteiger partial charge is 0.353 e. The van der Waals surface area contributed by atoms with Crippen LogP contribution >= 0.6 is 11.6 Å². The smallest absolute Gasteiger partial charge is 0.151 e. The summed E-state index contributed by atoms with van der Waals surface area (Å²) in [6.07, 6.45) is 5.61. The Morgan fingerprint density at radius 2 is 1.79 bits per heavy atom. The number of hydrogen-bond acceptors (Lipinski definition) is 4. The van der Waals surface area contributed by atoms with Gasteiger partial charge in [-0.1, -0.05) is 12.8 Å². The van der Waals surface area contributed by atoms with Gasteiger partial charge < -0.3 is 4.90 Å². The third kappa shape index (κ3) is 3.00. The molecule has 1 aromatic rings. The van der Waals surface area contributed by atoms with Gasteiger partial charge in [-0.25, -0.2) is 0 Å². The minimum absolute atomic E-state index is 0.433. The fraction of sp³-hybridized carbons (Fsp3) is 0.714. The van der Waals surface area contributed by atoms with E-state index in [-0.39, 0.29) is 0 Å². The lowest BCUT2D eigenvalue weighted by molar-refractivity contribution is 0.187. The van der Waals surface area contributed by atoms with E-state index in [9.17, 15) is 0 Å². The van der Waals surface area contributed by atoms with Crippen molar-refractivity contribution in [2.75, 3.05) is 31.1 Å². The summed E-state index contributed by atoms with van der Waals surface area (Å²) in [7, 11) is 0. The molecule has 1 aliphatic heterocycles. The van der Waals surface area contributed by atoms with Gasteiger partial charge in [0.2, 0.25) is 0 Å². The molecule has 2 aliphatic rings. The third-order valence-corrected chi connectivity index (χ3v) is 4.60. The van der Waals surface area contributed by atoms with Gasteiger partial charge in [0.05, 0.1) is 11.6 Å². The summed E-state index contributed by atoms with van der Waals surface area (Å²) in [5, 5.41) is 8.40. The van der Waals surface area contributed by atoms with Gasteiger partial charge >= 0.3 is 0 Å². The van der Waals surface area contributed by atoms with Gasteiger partial charge in [0.25, 0.3) is 0 Å². The lowest BCUT2D eigenvalue weighted by atomic mass is 10.2. The van der Waals surface area contributed by atoms with Crippen LogP contribution in [0.3, 0.4) is 0 Å². The second kappa shape index (κ2) is 6.06. The topological polar surface area (TPSA) is 32.3 Å². The standard InChI is InChI=1S/C14H21ClN4/c15-11-12-5-6-14(17-16-12)19-9-7-18(8-10-19)13-3-1-2-4-13/h5-6,13H,1-4,7-11H2. The average Bonchev–Trinajstić information content (AvgIpc) is 3.02. The average molecular weight is 281 g/mol. The molecule has 1 aromatic heterocycles. The Labute approximate surface area is 119 Å². The van der Waals surface area contributed by atoms with Gasteiger partial charge in [-0.05, 0) is 25.0 Å². The number of halogens is 1. The van der Waals surface area contributed by atoms with Crippen LogP contribution in [0.2, 0.25) is 0 Å². The molecule has 2 fully saturated rings. The van der Waals surface area contributed by atoms with Crippen molar-refractivity contribution in [1.29, 1.82) is 0 Å². The zero-order valence-corrected chi connectivity index (χ0v) is 12.0. The van der Waals surface area contributed by atoms with Crippen molar-refractivity contribution in [3.05, 3.63) is 17.8 Å². The maximum atomic E-state index is 5.73. The Morgan fingerprint density at radius 3 is 2.37 bits per heavy atom. The van der Waals surface area contributed by atoms with E-state index >= 15 is 0 Å². The highest BCUT2D eigenvalue weighted by Crippen LogP contribution is 2.25. The summed E-state index contributed by atoms with van der Waals surface area (Å²) in [5.41, 5.74) is 0.843. The Balaban J connectivity index is 1.56. The second-order valence-electron chi connectivity index (χ2n) is 5.48. The first-order valence-corrected chi connectivity index (χ1v) is 7.78. The van der Waals surface area contributed by atoms with Crippen LogP contribution in [0, 0.1) is 0 Å². The van der Waals surface area contributed by atoms with Crippen molar-refractivity contribution in [3.63, 3.8) is 0 Å². The molecule has 1 aliphatic carbocycles. The van der Waals surface area contributed by atoms with E-state index in [1.807, 2.05) is 12.1 Å². The Morgan fingerprint density at radius 1 is 1.05 bits per heavy atom. The van der Waals surface area contributed by atoms with Crippen LogP contribution < -0.4 is 4.90 Å². The molecule has 5 heteroatoms. The summed E-state index contributed by atoms with van der Waals surface area (Å²) in [4.78, 5) is 4.99. The predicted molar refractivity (Wildman–Crippen MR) is 77.6 cm³/mol. The molecule has 0 bridgehead atoms. The van der Waals surface area contributed by atoms with E-state index in [0.717, 1.165) is 43.7 Å². The van der Waals surface area contributed by atoms with Crippen LogP contribution in [-0.4, -0.2) is 47.3 Å². The Kier molecular flexibility index (Phi) is 4.18. The molecule has 1 saturated carbocycles. The van der Waals surface area contributed by atoms with E-state index in [1.54, 1.807) is 0 Å². The molecule has 3 rings (SSSR count). The molecular formula is C14H21ClN4. The molecule has 4 nitrogen and oxygen atoms in total. The fourth-order valence-electron chi connectivity index (χ4n) is 3.18. The van der Waals surface area contributed by atoms with Gasteiger partial charge in [0.1, 0.15) is 0 Å². The number of piperazine rings is 1. The normalized spacial score (nSPS) is 22.1. The lowest BCUT2D eigenvalue weighted by Gasteiger charge is -2.38. The molecule has 0 aromatic carbocycles. The molecule has 0 amide bonds. The van der Waals surface area contributed by atoms with Gasteiger partial charge in [-0.15, -0.1) is 16.7 Å². The molecule has 0 atom stereocenters. The van der Waals surface area contributed by atoms with Crippen LogP contribution in [-0.2, 0) is 5.88 Å². The van der Waals surface area contributed by atoms with Crippen LogP contribution in [0.15, 0.2) is 12.1 Å². The number of rotatable bonds is 3. The quantitative estimate of drug-likeness (QED) is 0.795. The summed E-state index contributed by atoms with van der Waals surface area (Å²) >= 11 is 5.73. The summed E-state index contributed by atoms with van der Waals surface area (Å²) in [6, 6.07) is 4.85. The Hall–Kier alpha value is -0.870. The highest BCUT2D eigenvalue weighted by molar-refractivity contribution is 6.16. The monoisotopic (exact) mass is 280 g/mol. The first-order chi connectivity index (χ1) is 9.36. The van der Waals surface area contributed by atoms with Gasteiger partial charge in [-0.3, -0.25) is 4.90 Å². The van der Waals surface area contributed by atoms with Gasteiger partial charge in [0, 0.05) is 32.2 Å². The van der Waals surface area contributed by atoms with Crippen LogP contribution in [0.5, 0.6) is 0 Å². The maximum Gasteiger partial charge on any atom is 0.151 e. The molecule has 1 saturated heterocycles. The van der Waals surface area contributed by atoms with Gasteiger partial charge in [-0.2, -0.15) is 5.10 Å². The zero-order chi connectivity index (χ0) is 13.1. The van der Waals surface area contributed by atoms with Crippen molar-refractivity contribution in [2.24, 2.45) is 0 Å². The summed E-state index contributed by atoms with van der Waals surface area (Å²) < 4.78 is 0. The highest BCUT2D eigenvalue weighted by Gasteiger charge is 2.26. The second-order valence-corrected chi connectivity index (χ2v) is 5.75. The molecular weight excluding hydrogens is 260 g/mol. The zero-order valence-electron chi connectivity index (χ0n) is 11.3. The number of hydrogen-bond donors (Lipinski definition) is 0. The highest BCUT2D eigenvalue weighted by atomic mass is 35.5. The predicted octanol–water partition coefficient (Wildman–Crippen LogP) is 2.28. The first-order valence-electron chi connectivity index (χ1n) is 7.24. The third-order valence-electron chi connectivity index (χ3n) is 4.32. The molecule has 0 unspecified atom stereocenters. The van der Waals surface area contributed by atoms with E-state index in [2.05, 4.69) is 20.0 Å². The molecule has 2 heterocycles. The molecule has 19 heavy (non-hydrogen) atoms. The molecule has 0 spiro atoms. The van der Waals surface area contributed by atoms with E-state index in [0.29, 0.717) is 5.88 Å².